The molecule has 0 saturated carbocycles. The molecule has 2 heterocycles. The molecule has 2 aromatic rings. The van der Waals surface area contributed by atoms with Crippen molar-refractivity contribution in [3.8, 4) is 11.4 Å². The number of nitrogens with one attached hydrogen (secondary N) is 1. The summed E-state index contributed by atoms with van der Waals surface area (Å²) in [6.45, 7) is 6.35. The Balaban J connectivity index is 2.33. The molecule has 0 bridgehead atoms. The van der Waals surface area contributed by atoms with Gasteiger partial charge in [-0.2, -0.15) is 0 Å². The fraction of sp³-hybridized carbons (Fsp3) is 0.308. The van der Waals surface area contributed by atoms with Crippen LogP contribution in [0.1, 0.15) is 24.5 Å². The fourth-order valence-electron chi connectivity index (χ4n) is 2.38. The Bertz CT molecular complexity index is 554. The maximum absolute atomic E-state index is 4.67. The van der Waals surface area contributed by atoms with E-state index in [1.165, 1.54) is 16.9 Å². The molecule has 0 spiro atoms. The number of anilines is 1. The molecule has 3 heteroatoms. The zero-order valence-electron chi connectivity index (χ0n) is 9.78. The largest absolute Gasteiger partial charge is 0.364 e. The molecule has 3 rings (SSSR count). The number of hydrogen-bond acceptors (Lipinski definition) is 2. The Morgan fingerprint density at radius 3 is 2.81 bits per heavy atom. The molecule has 16 heavy (non-hydrogen) atoms. The van der Waals surface area contributed by atoms with Crippen LogP contribution in [0.3, 0.4) is 0 Å². The van der Waals surface area contributed by atoms with Crippen LogP contribution >= 0.6 is 0 Å². The highest BCUT2D eigenvalue weighted by Gasteiger charge is 2.23. The van der Waals surface area contributed by atoms with Crippen LogP contribution in [0.5, 0.6) is 0 Å². The average Bonchev–Trinajstić information content (AvgIpc) is 2.57. The Morgan fingerprint density at radius 1 is 1.25 bits per heavy atom. The number of aromatic nitrogens is 2. The molecule has 0 radical (unpaired) electrons. The van der Waals surface area contributed by atoms with E-state index < -0.39 is 0 Å². The van der Waals surface area contributed by atoms with Gasteiger partial charge in [-0.15, -0.1) is 0 Å². The van der Waals surface area contributed by atoms with Gasteiger partial charge in [0.25, 0.3) is 0 Å². The molecule has 1 atom stereocenters. The van der Waals surface area contributed by atoms with Crippen molar-refractivity contribution in [3.05, 3.63) is 35.7 Å². The first-order valence-electron chi connectivity index (χ1n) is 5.60. The summed E-state index contributed by atoms with van der Waals surface area (Å²) in [4.78, 5) is 4.67. The van der Waals surface area contributed by atoms with Crippen LogP contribution in [-0.4, -0.2) is 9.55 Å². The van der Waals surface area contributed by atoms with Gasteiger partial charge in [0.15, 0.2) is 0 Å². The van der Waals surface area contributed by atoms with Gasteiger partial charge in [0, 0.05) is 16.9 Å². The van der Waals surface area contributed by atoms with Crippen molar-refractivity contribution >= 4 is 5.69 Å². The van der Waals surface area contributed by atoms with E-state index in [0.29, 0.717) is 0 Å². The summed E-state index contributed by atoms with van der Waals surface area (Å²) in [6.07, 6.45) is 0.270. The summed E-state index contributed by atoms with van der Waals surface area (Å²) >= 11 is 0. The molecule has 1 aliphatic rings. The molecular formula is C13H15N3. The summed E-state index contributed by atoms with van der Waals surface area (Å²) < 4.78 is 2.26. The number of benzene rings is 1. The average molecular weight is 213 g/mol. The van der Waals surface area contributed by atoms with Crippen LogP contribution < -0.4 is 5.32 Å². The Hall–Kier alpha value is -1.77. The van der Waals surface area contributed by atoms with Crippen LogP contribution in [0.25, 0.3) is 11.4 Å². The molecule has 1 N–H and O–H groups in total. The molecule has 1 aromatic carbocycles. The van der Waals surface area contributed by atoms with Crippen molar-refractivity contribution in [1.82, 2.24) is 9.55 Å². The lowest BCUT2D eigenvalue weighted by Gasteiger charge is -2.27. The van der Waals surface area contributed by atoms with E-state index >= 15 is 0 Å². The first-order chi connectivity index (χ1) is 7.68. The third-order valence-corrected chi connectivity index (χ3v) is 3.31. The van der Waals surface area contributed by atoms with E-state index in [2.05, 4.69) is 59.9 Å². The van der Waals surface area contributed by atoms with Crippen LogP contribution in [0.15, 0.2) is 24.3 Å². The second-order valence-corrected chi connectivity index (χ2v) is 4.34. The molecule has 82 valence electrons. The number of para-hydroxylation sites is 1. The highest BCUT2D eigenvalue weighted by atomic mass is 15.2. The smallest absolute Gasteiger partial charge is 0.144 e. The Labute approximate surface area is 95.1 Å². The number of rotatable bonds is 0. The highest BCUT2D eigenvalue weighted by Crippen LogP contribution is 2.36. The second-order valence-electron chi connectivity index (χ2n) is 4.34. The second kappa shape index (κ2) is 3.11. The monoisotopic (exact) mass is 213 g/mol. The van der Waals surface area contributed by atoms with Gasteiger partial charge in [-0.05, 0) is 32.9 Å². The van der Waals surface area contributed by atoms with Crippen LogP contribution in [0.2, 0.25) is 0 Å². The van der Waals surface area contributed by atoms with Gasteiger partial charge in [-0.1, -0.05) is 12.1 Å². The molecule has 1 unspecified atom stereocenters. The zero-order chi connectivity index (χ0) is 11.3. The van der Waals surface area contributed by atoms with E-state index in [0.717, 1.165) is 11.5 Å². The van der Waals surface area contributed by atoms with E-state index in [4.69, 9.17) is 0 Å². The van der Waals surface area contributed by atoms with Gasteiger partial charge >= 0.3 is 0 Å². The van der Waals surface area contributed by atoms with Crippen LogP contribution in [0.4, 0.5) is 5.69 Å². The number of hydrogen-bond donors (Lipinski definition) is 1. The number of nitrogens with zero attached hydrogens (tertiary/aromatic N) is 2. The van der Waals surface area contributed by atoms with Crippen molar-refractivity contribution in [3.63, 3.8) is 0 Å². The van der Waals surface area contributed by atoms with Gasteiger partial charge in [0.05, 0.1) is 5.69 Å². The highest BCUT2D eigenvalue weighted by molar-refractivity contribution is 5.76. The number of imidazole rings is 1. The lowest BCUT2D eigenvalue weighted by atomic mass is 10.1. The Kier molecular flexibility index (Phi) is 1.84. The molecule has 1 aromatic heterocycles. The minimum Gasteiger partial charge on any atom is -0.364 e. The maximum Gasteiger partial charge on any atom is 0.144 e. The third kappa shape index (κ3) is 1.11. The van der Waals surface area contributed by atoms with Gasteiger partial charge in [-0.3, -0.25) is 0 Å². The maximum atomic E-state index is 4.67. The third-order valence-electron chi connectivity index (χ3n) is 3.31. The first-order valence-corrected chi connectivity index (χ1v) is 5.60. The summed E-state index contributed by atoms with van der Waals surface area (Å²) in [6, 6.07) is 8.33. The van der Waals surface area contributed by atoms with E-state index in [9.17, 15) is 0 Å². The van der Waals surface area contributed by atoms with E-state index in [1.807, 2.05) is 0 Å². The minimum atomic E-state index is 0.270. The predicted octanol–water partition coefficient (Wildman–Crippen LogP) is 3.11. The van der Waals surface area contributed by atoms with Gasteiger partial charge in [0.1, 0.15) is 12.0 Å². The van der Waals surface area contributed by atoms with Crippen molar-refractivity contribution in [2.45, 2.75) is 26.9 Å². The van der Waals surface area contributed by atoms with Crippen molar-refractivity contribution < 1.29 is 0 Å². The fourth-order valence-corrected chi connectivity index (χ4v) is 2.38. The topological polar surface area (TPSA) is 29.9 Å². The molecule has 0 aliphatic carbocycles. The molecule has 1 aliphatic heterocycles. The molecule has 0 amide bonds. The molecular weight excluding hydrogens is 198 g/mol. The summed E-state index contributed by atoms with van der Waals surface area (Å²) in [7, 11) is 0. The van der Waals surface area contributed by atoms with Gasteiger partial charge < -0.3 is 9.88 Å². The normalized spacial score (nSPS) is 17.6. The number of aryl methyl sites for hydroxylation is 1. The van der Waals surface area contributed by atoms with Crippen molar-refractivity contribution in [1.29, 1.82) is 0 Å². The van der Waals surface area contributed by atoms with E-state index in [1.54, 1.807) is 0 Å². The van der Waals surface area contributed by atoms with Crippen molar-refractivity contribution in [2.24, 2.45) is 0 Å². The summed E-state index contributed by atoms with van der Waals surface area (Å²) in [5, 5.41) is 3.49. The van der Waals surface area contributed by atoms with Crippen LogP contribution in [-0.2, 0) is 0 Å². The molecule has 0 saturated heterocycles. The summed E-state index contributed by atoms with van der Waals surface area (Å²) in [5.41, 5.74) is 4.72. The lowest BCUT2D eigenvalue weighted by Crippen LogP contribution is -2.21. The van der Waals surface area contributed by atoms with Gasteiger partial charge in [-0.25, -0.2) is 4.98 Å². The standard InChI is InChI=1S/C13H15N3/c1-8-9(2)16-10(3)15-12-7-5-4-6-11(12)13(16)14-8/h4-7,10,15H,1-3H3. The molecule has 0 fully saturated rings. The lowest BCUT2D eigenvalue weighted by molar-refractivity contribution is 0.597. The molecule has 3 nitrogen and oxygen atoms in total. The number of fused-ring (bicyclic) bond motifs is 3. The predicted molar refractivity (Wildman–Crippen MR) is 65.5 cm³/mol. The van der Waals surface area contributed by atoms with E-state index in [-0.39, 0.29) is 6.17 Å². The Morgan fingerprint density at radius 2 is 2.00 bits per heavy atom. The van der Waals surface area contributed by atoms with Gasteiger partial charge in [0.2, 0.25) is 0 Å². The van der Waals surface area contributed by atoms with Crippen LogP contribution in [0, 0.1) is 13.8 Å². The first kappa shape index (κ1) is 9.46. The quantitative estimate of drug-likeness (QED) is 0.728. The zero-order valence-corrected chi connectivity index (χ0v) is 9.78. The summed E-state index contributed by atoms with van der Waals surface area (Å²) in [5.74, 6) is 1.08. The van der Waals surface area contributed by atoms with Crippen molar-refractivity contribution in [2.75, 3.05) is 5.32 Å². The SMILES string of the molecule is Cc1nc2n(c1C)C(C)Nc1ccccc1-2. The minimum absolute atomic E-state index is 0.270.